The molecule has 0 spiro atoms. The molecule has 0 saturated carbocycles. The molecule has 3 heterocycles. The molecule has 0 aliphatic carbocycles. The van der Waals surface area contributed by atoms with Crippen molar-refractivity contribution in [2.24, 2.45) is 11.8 Å². The zero-order valence-corrected chi connectivity index (χ0v) is 13.3. The summed E-state index contributed by atoms with van der Waals surface area (Å²) >= 11 is 0. The fourth-order valence-electron chi connectivity index (χ4n) is 4.01. The van der Waals surface area contributed by atoms with E-state index in [9.17, 15) is 9.59 Å². The molecule has 5 heteroatoms. The molecule has 2 fully saturated rings. The van der Waals surface area contributed by atoms with Gasteiger partial charge >= 0.3 is 0 Å². The maximum atomic E-state index is 12.4. The van der Waals surface area contributed by atoms with Gasteiger partial charge in [-0.15, -0.1) is 0 Å². The minimum Gasteiger partial charge on any atom is -0.316 e. The lowest BCUT2D eigenvalue weighted by Gasteiger charge is -2.41. The topological polar surface area (TPSA) is 52.7 Å². The zero-order valence-electron chi connectivity index (χ0n) is 13.3. The van der Waals surface area contributed by atoms with Crippen LogP contribution in [0.15, 0.2) is 24.3 Å². The van der Waals surface area contributed by atoms with Gasteiger partial charge in [0.2, 0.25) is 0 Å². The van der Waals surface area contributed by atoms with Crippen LogP contribution in [0.4, 0.5) is 0 Å². The maximum absolute atomic E-state index is 12.4. The fourth-order valence-corrected chi connectivity index (χ4v) is 4.01. The number of nitrogens with zero attached hydrogens (tertiary/aromatic N) is 2. The molecule has 23 heavy (non-hydrogen) atoms. The van der Waals surface area contributed by atoms with Crippen LogP contribution in [-0.4, -0.2) is 60.9 Å². The van der Waals surface area contributed by atoms with Crippen LogP contribution in [0, 0.1) is 11.8 Å². The number of carbonyl (C=O) groups excluding carboxylic acids is 2. The molecule has 5 nitrogen and oxygen atoms in total. The first-order chi connectivity index (χ1) is 11.2. The Bertz CT molecular complexity index is 591. The second-order valence-electron chi connectivity index (χ2n) is 6.93. The molecule has 3 aliphatic heterocycles. The van der Waals surface area contributed by atoms with Crippen molar-refractivity contribution in [3.63, 3.8) is 0 Å². The van der Waals surface area contributed by atoms with E-state index < -0.39 is 0 Å². The molecule has 1 aromatic carbocycles. The third-order valence-corrected chi connectivity index (χ3v) is 5.54. The smallest absolute Gasteiger partial charge is 0.261 e. The van der Waals surface area contributed by atoms with Gasteiger partial charge in [0.15, 0.2) is 0 Å². The average Bonchev–Trinajstić information content (AvgIpc) is 2.76. The van der Waals surface area contributed by atoms with Gasteiger partial charge in [0.25, 0.3) is 11.8 Å². The molecular weight excluding hydrogens is 290 g/mol. The summed E-state index contributed by atoms with van der Waals surface area (Å²) in [4.78, 5) is 28.6. The minimum absolute atomic E-state index is 0.137. The highest BCUT2D eigenvalue weighted by Gasteiger charge is 2.36. The third kappa shape index (κ3) is 2.68. The van der Waals surface area contributed by atoms with Crippen molar-refractivity contribution >= 4 is 11.8 Å². The van der Waals surface area contributed by atoms with E-state index in [2.05, 4.69) is 10.2 Å². The van der Waals surface area contributed by atoms with Crippen LogP contribution in [0.3, 0.4) is 0 Å². The zero-order chi connectivity index (χ0) is 15.8. The van der Waals surface area contributed by atoms with Crippen LogP contribution in [0.5, 0.6) is 0 Å². The second kappa shape index (κ2) is 6.06. The molecule has 0 radical (unpaired) electrons. The van der Waals surface area contributed by atoms with Crippen molar-refractivity contribution in [2.45, 2.75) is 12.8 Å². The highest BCUT2D eigenvalue weighted by molar-refractivity contribution is 6.21. The SMILES string of the molecule is O=C1c2ccccc2C(=O)N1CCN1CCC[C@H](C2CNC2)C1. The number of amides is 2. The number of likely N-dealkylation sites (tertiary alicyclic amines) is 1. The lowest BCUT2D eigenvalue weighted by Crippen LogP contribution is -2.51. The van der Waals surface area contributed by atoms with E-state index in [1.165, 1.54) is 17.7 Å². The van der Waals surface area contributed by atoms with Crippen molar-refractivity contribution in [3.05, 3.63) is 35.4 Å². The summed E-state index contributed by atoms with van der Waals surface area (Å²) in [6, 6.07) is 7.12. The summed E-state index contributed by atoms with van der Waals surface area (Å²) in [6.07, 6.45) is 2.54. The van der Waals surface area contributed by atoms with Gasteiger partial charge in [-0.3, -0.25) is 14.5 Å². The van der Waals surface area contributed by atoms with Crippen molar-refractivity contribution in [1.29, 1.82) is 0 Å². The Kier molecular flexibility index (Phi) is 3.91. The van der Waals surface area contributed by atoms with Crippen molar-refractivity contribution in [3.8, 4) is 0 Å². The molecule has 1 aromatic rings. The van der Waals surface area contributed by atoms with E-state index >= 15 is 0 Å². The van der Waals surface area contributed by atoms with Gasteiger partial charge in [-0.25, -0.2) is 0 Å². The molecule has 1 atom stereocenters. The normalized spacial score (nSPS) is 25.6. The van der Waals surface area contributed by atoms with Gasteiger partial charge in [-0.1, -0.05) is 12.1 Å². The number of carbonyl (C=O) groups is 2. The van der Waals surface area contributed by atoms with E-state index in [1.54, 1.807) is 12.1 Å². The number of hydrogen-bond donors (Lipinski definition) is 1. The van der Waals surface area contributed by atoms with Gasteiger partial charge in [0, 0.05) is 19.6 Å². The summed E-state index contributed by atoms with van der Waals surface area (Å²) in [5.74, 6) is 1.31. The van der Waals surface area contributed by atoms with Gasteiger partial charge in [0.05, 0.1) is 11.1 Å². The maximum Gasteiger partial charge on any atom is 0.261 e. The quantitative estimate of drug-likeness (QED) is 0.849. The number of imide groups is 1. The van der Waals surface area contributed by atoms with Gasteiger partial charge in [-0.05, 0) is 56.4 Å². The highest BCUT2D eigenvalue weighted by Crippen LogP contribution is 2.27. The number of hydrogen-bond acceptors (Lipinski definition) is 4. The van der Waals surface area contributed by atoms with E-state index in [0.717, 1.165) is 44.6 Å². The number of piperidine rings is 1. The summed E-state index contributed by atoms with van der Waals surface area (Å²) in [5.41, 5.74) is 1.10. The molecule has 122 valence electrons. The number of nitrogens with one attached hydrogen (secondary N) is 1. The first kappa shape index (κ1) is 14.8. The van der Waals surface area contributed by atoms with Crippen LogP contribution in [0.2, 0.25) is 0 Å². The van der Waals surface area contributed by atoms with Crippen molar-refractivity contribution in [1.82, 2.24) is 15.1 Å². The average molecular weight is 313 g/mol. The lowest BCUT2D eigenvalue weighted by atomic mass is 9.82. The van der Waals surface area contributed by atoms with E-state index in [0.29, 0.717) is 17.7 Å². The molecule has 2 amide bonds. The predicted molar refractivity (Wildman–Crippen MR) is 87.3 cm³/mol. The molecule has 2 saturated heterocycles. The molecule has 0 aromatic heterocycles. The monoisotopic (exact) mass is 313 g/mol. The first-order valence-corrected chi connectivity index (χ1v) is 8.62. The Balaban J connectivity index is 1.36. The van der Waals surface area contributed by atoms with Crippen LogP contribution in [0.25, 0.3) is 0 Å². The van der Waals surface area contributed by atoms with Crippen molar-refractivity contribution in [2.75, 3.05) is 39.3 Å². The number of benzene rings is 1. The van der Waals surface area contributed by atoms with Crippen molar-refractivity contribution < 1.29 is 9.59 Å². The Morgan fingerprint density at radius 2 is 1.70 bits per heavy atom. The summed E-state index contributed by atoms with van der Waals surface area (Å²) in [7, 11) is 0. The molecular formula is C18H23N3O2. The largest absolute Gasteiger partial charge is 0.316 e. The second-order valence-corrected chi connectivity index (χ2v) is 6.93. The van der Waals surface area contributed by atoms with E-state index in [-0.39, 0.29) is 11.8 Å². The predicted octanol–water partition coefficient (Wildman–Crippen LogP) is 1.21. The Morgan fingerprint density at radius 1 is 1.00 bits per heavy atom. The van der Waals surface area contributed by atoms with Crippen LogP contribution >= 0.6 is 0 Å². The number of fused-ring (bicyclic) bond motifs is 1. The summed E-state index contributed by atoms with van der Waals surface area (Å²) in [6.45, 7) is 5.78. The van der Waals surface area contributed by atoms with Crippen LogP contribution < -0.4 is 5.32 Å². The number of rotatable bonds is 4. The Morgan fingerprint density at radius 3 is 2.30 bits per heavy atom. The molecule has 0 unspecified atom stereocenters. The first-order valence-electron chi connectivity index (χ1n) is 8.62. The summed E-state index contributed by atoms with van der Waals surface area (Å²) in [5, 5.41) is 3.36. The third-order valence-electron chi connectivity index (χ3n) is 5.54. The molecule has 0 bridgehead atoms. The van der Waals surface area contributed by atoms with Gasteiger partial charge in [-0.2, -0.15) is 0 Å². The standard InChI is InChI=1S/C18H23N3O2/c22-17-15-5-1-2-6-16(15)18(23)21(17)9-8-20-7-3-4-13(12-20)14-10-19-11-14/h1-2,5-6,13-14,19H,3-4,7-12H2/t13-/m0/s1. The highest BCUT2D eigenvalue weighted by atomic mass is 16.2. The summed E-state index contributed by atoms with van der Waals surface area (Å²) < 4.78 is 0. The molecule has 4 rings (SSSR count). The lowest BCUT2D eigenvalue weighted by molar-refractivity contribution is 0.0600. The Hall–Kier alpha value is -1.72. The molecule has 3 aliphatic rings. The minimum atomic E-state index is -0.137. The fraction of sp³-hybridized carbons (Fsp3) is 0.556. The van der Waals surface area contributed by atoms with E-state index in [4.69, 9.17) is 0 Å². The van der Waals surface area contributed by atoms with E-state index in [1.807, 2.05) is 12.1 Å². The van der Waals surface area contributed by atoms with Gasteiger partial charge < -0.3 is 10.2 Å². The Labute approximate surface area is 136 Å². The molecule has 1 N–H and O–H groups in total. The van der Waals surface area contributed by atoms with Crippen LogP contribution in [-0.2, 0) is 0 Å². The van der Waals surface area contributed by atoms with Gasteiger partial charge in [0.1, 0.15) is 0 Å². The van der Waals surface area contributed by atoms with Crippen LogP contribution in [0.1, 0.15) is 33.6 Å².